The Morgan fingerprint density at radius 2 is 1.54 bits per heavy atom. The normalized spacial score (nSPS) is 10.1. The minimum atomic E-state index is 0.247. The van der Waals surface area contributed by atoms with Gasteiger partial charge in [-0.05, 0) is 48.2 Å². The summed E-state index contributed by atoms with van der Waals surface area (Å²) in [4.78, 5) is 15.7. The molecule has 15 heteroatoms. The van der Waals surface area contributed by atoms with Crippen molar-refractivity contribution >= 4 is 35.6 Å². The fourth-order valence-corrected chi connectivity index (χ4v) is 3.04. The summed E-state index contributed by atoms with van der Waals surface area (Å²) in [6, 6.07) is 7.01. The van der Waals surface area contributed by atoms with Crippen LogP contribution < -0.4 is 0 Å². The van der Waals surface area contributed by atoms with Crippen LogP contribution in [-0.4, -0.2) is 40.3 Å². The molecule has 0 saturated carbocycles. The Kier molecular flexibility index (Phi) is 8.47. The SMILES string of the molecule is Clc1cnccn1.S=c1[nH]nc(-c2ccco2)o1.c1coc(-c2nnc(Sc3cnccn3)o2)c1. The molecular formula is C20H13ClN8O4S2. The number of furan rings is 2. The van der Waals surface area contributed by atoms with Crippen LogP contribution >= 0.6 is 35.6 Å². The number of H-pyrrole nitrogens is 1. The first-order valence-corrected chi connectivity index (χ1v) is 11.1. The van der Waals surface area contributed by atoms with Gasteiger partial charge >= 0.3 is 0 Å². The van der Waals surface area contributed by atoms with Gasteiger partial charge in [-0.25, -0.2) is 15.1 Å². The zero-order chi connectivity index (χ0) is 24.3. The fourth-order valence-electron chi connectivity index (χ4n) is 2.19. The van der Waals surface area contributed by atoms with E-state index in [1.165, 1.54) is 18.0 Å². The predicted octanol–water partition coefficient (Wildman–Crippen LogP) is 5.39. The predicted molar refractivity (Wildman–Crippen MR) is 125 cm³/mol. The fraction of sp³-hybridized carbons (Fsp3) is 0. The molecule has 0 unspecified atom stereocenters. The first-order valence-electron chi connectivity index (χ1n) is 9.49. The van der Waals surface area contributed by atoms with Crippen molar-refractivity contribution in [2.45, 2.75) is 10.2 Å². The number of rotatable bonds is 4. The van der Waals surface area contributed by atoms with Crippen molar-refractivity contribution < 1.29 is 17.7 Å². The van der Waals surface area contributed by atoms with Gasteiger partial charge in [-0.15, -0.1) is 15.3 Å². The summed E-state index contributed by atoms with van der Waals surface area (Å²) in [5.41, 5.74) is 0. The standard InChI is InChI=1S/C10H6N4O2S.C6H4N2O2S.C4H3ClN2/c1-2-7(15-5-1)9-13-14-10(16-9)17-8-6-11-3-4-12-8;11-6-8-7-5(10-6)4-2-1-3-9-4;5-4-3-6-1-2-7-4/h1-6H;1-3H,(H,8,11);1-3H. The Morgan fingerprint density at radius 3 is 2.06 bits per heavy atom. The van der Waals surface area contributed by atoms with Gasteiger partial charge in [0.2, 0.25) is 0 Å². The van der Waals surface area contributed by atoms with E-state index in [9.17, 15) is 0 Å². The van der Waals surface area contributed by atoms with E-state index in [0.717, 1.165) is 0 Å². The number of hydrogen-bond donors (Lipinski definition) is 1. The van der Waals surface area contributed by atoms with Gasteiger partial charge in [-0.1, -0.05) is 11.6 Å². The maximum absolute atomic E-state index is 5.41. The Hall–Kier alpha value is -4.14. The highest BCUT2D eigenvalue weighted by molar-refractivity contribution is 7.99. The van der Waals surface area contributed by atoms with E-state index in [1.807, 2.05) is 0 Å². The number of halogens is 1. The Balaban J connectivity index is 0.000000137. The molecule has 0 aliphatic carbocycles. The van der Waals surface area contributed by atoms with Crippen molar-refractivity contribution in [3.05, 3.63) is 84.0 Å². The number of hydrogen-bond acceptors (Lipinski definition) is 13. The molecule has 0 radical (unpaired) electrons. The largest absolute Gasteiger partial charge is 0.459 e. The van der Waals surface area contributed by atoms with Crippen LogP contribution in [-0.2, 0) is 0 Å². The first kappa shape index (κ1) is 24.0. The third-order valence-corrected chi connectivity index (χ3v) is 4.70. The van der Waals surface area contributed by atoms with Crippen molar-refractivity contribution in [2.24, 2.45) is 0 Å². The monoisotopic (exact) mass is 528 g/mol. The van der Waals surface area contributed by atoms with Crippen molar-refractivity contribution in [1.29, 1.82) is 0 Å². The van der Waals surface area contributed by atoms with Gasteiger partial charge < -0.3 is 17.7 Å². The molecule has 0 aliphatic rings. The third-order valence-electron chi connectivity index (χ3n) is 3.57. The molecule has 176 valence electrons. The summed E-state index contributed by atoms with van der Waals surface area (Å²) in [6.45, 7) is 0. The summed E-state index contributed by atoms with van der Waals surface area (Å²) in [5, 5.41) is 15.6. The van der Waals surface area contributed by atoms with E-state index in [4.69, 9.17) is 29.3 Å². The smallest absolute Gasteiger partial charge is 0.284 e. The molecule has 6 heterocycles. The molecule has 0 aromatic carbocycles. The minimum absolute atomic E-state index is 0.247. The zero-order valence-electron chi connectivity index (χ0n) is 17.4. The van der Waals surface area contributed by atoms with E-state index in [-0.39, 0.29) is 4.84 Å². The van der Waals surface area contributed by atoms with Crippen LogP contribution in [0.4, 0.5) is 0 Å². The molecule has 6 aromatic rings. The van der Waals surface area contributed by atoms with Crippen LogP contribution in [0.1, 0.15) is 0 Å². The van der Waals surface area contributed by atoms with E-state index >= 15 is 0 Å². The lowest BCUT2D eigenvalue weighted by atomic mass is 10.5. The second kappa shape index (κ2) is 12.4. The molecule has 0 amide bonds. The van der Waals surface area contributed by atoms with Crippen molar-refractivity contribution in [3.63, 3.8) is 0 Å². The average molecular weight is 529 g/mol. The maximum atomic E-state index is 5.41. The van der Waals surface area contributed by atoms with Crippen LogP contribution in [0, 0.1) is 4.84 Å². The molecule has 6 rings (SSSR count). The molecule has 0 bridgehead atoms. The number of aromatic amines is 1. The van der Waals surface area contributed by atoms with Crippen molar-refractivity contribution in [3.8, 4) is 23.3 Å². The highest BCUT2D eigenvalue weighted by Gasteiger charge is 2.12. The summed E-state index contributed by atoms with van der Waals surface area (Å²) in [5.74, 6) is 1.84. The van der Waals surface area contributed by atoms with E-state index < -0.39 is 0 Å². The molecule has 6 aromatic heterocycles. The highest BCUT2D eigenvalue weighted by Crippen LogP contribution is 2.27. The van der Waals surface area contributed by atoms with Crippen molar-refractivity contribution in [2.75, 3.05) is 0 Å². The highest BCUT2D eigenvalue weighted by atomic mass is 35.5. The van der Waals surface area contributed by atoms with Crippen LogP contribution in [0.5, 0.6) is 0 Å². The van der Waals surface area contributed by atoms with Gasteiger partial charge in [0, 0.05) is 24.8 Å². The van der Waals surface area contributed by atoms with Crippen LogP contribution in [0.15, 0.2) is 102 Å². The van der Waals surface area contributed by atoms with Crippen LogP contribution in [0.25, 0.3) is 23.3 Å². The van der Waals surface area contributed by atoms with E-state index in [1.54, 1.807) is 67.8 Å². The van der Waals surface area contributed by atoms with Crippen LogP contribution in [0.2, 0.25) is 5.15 Å². The second-order valence-electron chi connectivity index (χ2n) is 5.92. The molecular weight excluding hydrogens is 516 g/mol. The first-order chi connectivity index (χ1) is 17.2. The van der Waals surface area contributed by atoms with Gasteiger partial charge in [0.05, 0.1) is 24.9 Å². The lowest BCUT2D eigenvalue weighted by Crippen LogP contribution is -1.80. The molecule has 0 spiro atoms. The number of aromatic nitrogens is 8. The lowest BCUT2D eigenvalue weighted by molar-refractivity contribution is 0.447. The Bertz CT molecular complexity index is 1460. The summed E-state index contributed by atoms with van der Waals surface area (Å²) in [6.07, 6.45) is 12.5. The maximum Gasteiger partial charge on any atom is 0.284 e. The zero-order valence-corrected chi connectivity index (χ0v) is 19.8. The topological polar surface area (TPSA) is 159 Å². The molecule has 35 heavy (non-hydrogen) atoms. The van der Waals surface area contributed by atoms with Crippen LogP contribution in [0.3, 0.4) is 0 Å². The van der Waals surface area contributed by atoms with Gasteiger partial charge in [-0.3, -0.25) is 9.97 Å². The minimum Gasteiger partial charge on any atom is -0.459 e. The third kappa shape index (κ3) is 7.43. The number of nitrogens with zero attached hydrogens (tertiary/aromatic N) is 7. The van der Waals surface area contributed by atoms with Gasteiger partial charge in [0.15, 0.2) is 11.5 Å². The lowest BCUT2D eigenvalue weighted by Gasteiger charge is -1.92. The van der Waals surface area contributed by atoms with Crippen molar-refractivity contribution in [1.82, 2.24) is 40.3 Å². The average Bonchev–Trinajstić information content (AvgIpc) is 3.69. The molecule has 0 aliphatic heterocycles. The summed E-state index contributed by atoms with van der Waals surface area (Å²) in [7, 11) is 0. The van der Waals surface area contributed by atoms with E-state index in [2.05, 4.69) is 52.5 Å². The summed E-state index contributed by atoms with van der Waals surface area (Å²) >= 11 is 11.3. The Labute approximate surface area is 210 Å². The Morgan fingerprint density at radius 1 is 0.829 bits per heavy atom. The van der Waals surface area contributed by atoms with Gasteiger partial charge in [0.25, 0.3) is 21.8 Å². The molecule has 0 saturated heterocycles. The number of nitrogens with one attached hydrogen (secondary N) is 1. The van der Waals surface area contributed by atoms with E-state index in [0.29, 0.717) is 38.7 Å². The molecule has 12 nitrogen and oxygen atoms in total. The van der Waals surface area contributed by atoms with Gasteiger partial charge in [-0.2, -0.15) is 0 Å². The second-order valence-corrected chi connectivity index (χ2v) is 7.65. The quantitative estimate of drug-likeness (QED) is 0.290. The molecule has 1 N–H and O–H groups in total. The molecule has 0 fully saturated rings. The van der Waals surface area contributed by atoms with Gasteiger partial charge in [0.1, 0.15) is 10.2 Å². The summed E-state index contributed by atoms with van der Waals surface area (Å²) < 4.78 is 20.6. The molecule has 0 atom stereocenters.